The zero-order valence-corrected chi connectivity index (χ0v) is 20.4. The Labute approximate surface area is 201 Å². The largest absolute Gasteiger partial charge is 0.334 e. The third-order valence-electron chi connectivity index (χ3n) is 6.07. The summed E-state index contributed by atoms with van der Waals surface area (Å²) in [7, 11) is -3.57. The van der Waals surface area contributed by atoms with Gasteiger partial charge in [-0.25, -0.2) is 18.2 Å². The number of nitrogens with zero attached hydrogens (tertiary/aromatic N) is 4. The average Bonchev–Trinajstić information content (AvgIpc) is 3.36. The van der Waals surface area contributed by atoms with Gasteiger partial charge < -0.3 is 14.8 Å². The van der Waals surface area contributed by atoms with E-state index in [1.807, 2.05) is 41.1 Å². The third-order valence-corrected chi connectivity index (χ3v) is 7.98. The van der Waals surface area contributed by atoms with Crippen LogP contribution in [-0.2, 0) is 23.1 Å². The number of carbonyl (C=O) groups excluding carboxylic acids is 1. The summed E-state index contributed by atoms with van der Waals surface area (Å²) >= 11 is 0. The summed E-state index contributed by atoms with van der Waals surface area (Å²) in [4.78, 5) is 18.7. The second kappa shape index (κ2) is 10.4. The maximum absolute atomic E-state index is 13.0. The minimum Gasteiger partial charge on any atom is -0.334 e. The average molecular weight is 482 g/mol. The van der Waals surface area contributed by atoms with Crippen molar-refractivity contribution in [3.63, 3.8) is 0 Å². The molecule has 8 nitrogen and oxygen atoms in total. The molecule has 0 aliphatic carbocycles. The van der Waals surface area contributed by atoms with Gasteiger partial charge in [0.2, 0.25) is 10.0 Å². The van der Waals surface area contributed by atoms with E-state index < -0.39 is 10.0 Å². The van der Waals surface area contributed by atoms with Gasteiger partial charge in [0, 0.05) is 51.7 Å². The van der Waals surface area contributed by atoms with Crippen molar-refractivity contribution < 1.29 is 13.2 Å². The molecular formula is C25H31N5O3S. The lowest BCUT2D eigenvalue weighted by Crippen LogP contribution is -2.52. The van der Waals surface area contributed by atoms with E-state index in [9.17, 15) is 13.2 Å². The number of aromatic nitrogens is 2. The fraction of sp³-hybridized carbons (Fsp3) is 0.360. The molecule has 2 amide bonds. The van der Waals surface area contributed by atoms with Gasteiger partial charge in [-0.1, -0.05) is 50.2 Å². The second-order valence-corrected chi connectivity index (χ2v) is 10.8. The summed E-state index contributed by atoms with van der Waals surface area (Å²) in [5, 5.41) is 2.96. The molecule has 2 heterocycles. The number of amides is 2. The smallest absolute Gasteiger partial charge is 0.317 e. The maximum Gasteiger partial charge on any atom is 0.317 e. The van der Waals surface area contributed by atoms with Crippen molar-refractivity contribution in [2.45, 2.75) is 37.8 Å². The Bertz CT molecular complexity index is 1200. The fourth-order valence-electron chi connectivity index (χ4n) is 4.02. The van der Waals surface area contributed by atoms with E-state index in [0.717, 1.165) is 23.2 Å². The predicted molar refractivity (Wildman–Crippen MR) is 131 cm³/mol. The quantitative estimate of drug-likeness (QED) is 0.561. The van der Waals surface area contributed by atoms with Crippen molar-refractivity contribution in [1.82, 2.24) is 24.1 Å². The highest BCUT2D eigenvalue weighted by Crippen LogP contribution is 2.21. The highest BCUT2D eigenvalue weighted by Gasteiger charge is 2.30. The number of rotatable bonds is 7. The van der Waals surface area contributed by atoms with Gasteiger partial charge in [-0.15, -0.1) is 0 Å². The molecular weight excluding hydrogens is 450 g/mol. The van der Waals surface area contributed by atoms with Gasteiger partial charge in [-0.3, -0.25) is 0 Å². The van der Waals surface area contributed by atoms with Crippen molar-refractivity contribution in [2.75, 3.05) is 26.2 Å². The van der Waals surface area contributed by atoms with Crippen molar-refractivity contribution >= 4 is 16.1 Å². The van der Waals surface area contributed by atoms with Crippen molar-refractivity contribution in [3.05, 3.63) is 83.9 Å². The van der Waals surface area contributed by atoms with E-state index in [1.54, 1.807) is 29.6 Å². The van der Waals surface area contributed by atoms with Crippen LogP contribution in [0.1, 0.15) is 36.5 Å². The number of nitrogens with one attached hydrogen (secondary N) is 1. The topological polar surface area (TPSA) is 87.5 Å². The highest BCUT2D eigenvalue weighted by atomic mass is 32.2. The Morgan fingerprint density at radius 1 is 1.03 bits per heavy atom. The summed E-state index contributed by atoms with van der Waals surface area (Å²) in [5.74, 6) is 0.345. The number of urea groups is 1. The lowest BCUT2D eigenvalue weighted by molar-refractivity contribution is 0.172. The van der Waals surface area contributed by atoms with E-state index in [1.165, 1.54) is 4.31 Å². The molecule has 1 N–H and O–H groups in total. The van der Waals surface area contributed by atoms with Crippen LogP contribution < -0.4 is 5.32 Å². The maximum atomic E-state index is 13.0. The number of benzene rings is 2. The normalized spacial score (nSPS) is 15.0. The molecule has 4 rings (SSSR count). The summed E-state index contributed by atoms with van der Waals surface area (Å²) < 4.78 is 29.5. The van der Waals surface area contributed by atoms with Crippen LogP contribution in [0.2, 0.25) is 0 Å². The summed E-state index contributed by atoms with van der Waals surface area (Å²) in [6, 6.07) is 15.0. The molecule has 180 valence electrons. The Balaban J connectivity index is 1.29. The van der Waals surface area contributed by atoms with E-state index in [2.05, 4.69) is 30.2 Å². The van der Waals surface area contributed by atoms with Crippen LogP contribution in [0.25, 0.3) is 0 Å². The summed E-state index contributed by atoms with van der Waals surface area (Å²) in [5.41, 5.74) is 3.25. The van der Waals surface area contributed by atoms with Crippen LogP contribution in [0.4, 0.5) is 4.79 Å². The Morgan fingerprint density at radius 3 is 2.38 bits per heavy atom. The SMILES string of the molecule is CC(C)c1ccc(S(=O)(=O)N2CCN(C(=O)NCc3cccc(Cn4ccnc4)c3)CC2)cc1. The first-order valence-corrected chi connectivity index (χ1v) is 12.9. The minimum absolute atomic E-state index is 0.182. The molecule has 1 aliphatic rings. The van der Waals surface area contributed by atoms with Crippen LogP contribution in [0.5, 0.6) is 0 Å². The molecule has 9 heteroatoms. The van der Waals surface area contributed by atoms with Crippen LogP contribution in [-0.4, -0.2) is 59.4 Å². The van der Waals surface area contributed by atoms with Gasteiger partial charge in [0.1, 0.15) is 0 Å². The molecule has 34 heavy (non-hydrogen) atoms. The molecule has 0 bridgehead atoms. The van der Waals surface area contributed by atoms with Crippen molar-refractivity contribution in [2.24, 2.45) is 0 Å². The van der Waals surface area contributed by atoms with Gasteiger partial charge in [-0.2, -0.15) is 4.31 Å². The Morgan fingerprint density at radius 2 is 1.74 bits per heavy atom. The number of sulfonamides is 1. The fourth-order valence-corrected chi connectivity index (χ4v) is 5.45. The molecule has 2 aromatic carbocycles. The van der Waals surface area contributed by atoms with E-state index in [4.69, 9.17) is 0 Å². The molecule has 1 fully saturated rings. The second-order valence-electron chi connectivity index (χ2n) is 8.83. The van der Waals surface area contributed by atoms with Gasteiger partial charge in [0.05, 0.1) is 11.2 Å². The van der Waals surface area contributed by atoms with Crippen molar-refractivity contribution in [3.8, 4) is 0 Å². The molecule has 1 aliphatic heterocycles. The standard InChI is InChI=1S/C25H31N5O3S/c1-20(2)23-6-8-24(9-7-23)34(32,33)30-14-12-29(13-15-30)25(31)27-17-21-4-3-5-22(16-21)18-28-11-10-26-19-28/h3-11,16,19-20H,12-15,17-18H2,1-2H3,(H,27,31). The van der Waals surface area contributed by atoms with Gasteiger partial charge in [0.25, 0.3) is 0 Å². The number of piperazine rings is 1. The third kappa shape index (κ3) is 5.66. The number of carbonyl (C=O) groups is 1. The molecule has 0 radical (unpaired) electrons. The lowest BCUT2D eigenvalue weighted by atomic mass is 10.0. The lowest BCUT2D eigenvalue weighted by Gasteiger charge is -2.34. The van der Waals surface area contributed by atoms with Crippen LogP contribution in [0.15, 0.2) is 72.1 Å². The number of hydrogen-bond donors (Lipinski definition) is 1. The first-order valence-electron chi connectivity index (χ1n) is 11.5. The van der Waals surface area contributed by atoms with Crippen LogP contribution >= 0.6 is 0 Å². The Kier molecular flexibility index (Phi) is 7.33. The van der Waals surface area contributed by atoms with E-state index in [-0.39, 0.29) is 19.1 Å². The molecule has 3 aromatic rings. The Hall–Kier alpha value is -3.17. The molecule has 0 spiro atoms. The zero-order chi connectivity index (χ0) is 24.1. The molecule has 0 saturated carbocycles. The van der Waals surface area contributed by atoms with Gasteiger partial charge >= 0.3 is 6.03 Å². The summed E-state index contributed by atoms with van der Waals surface area (Å²) in [6.07, 6.45) is 5.43. The molecule has 1 aromatic heterocycles. The minimum atomic E-state index is -3.57. The van der Waals surface area contributed by atoms with Gasteiger partial charge in [0.15, 0.2) is 0 Å². The summed E-state index contributed by atoms with van der Waals surface area (Å²) in [6.45, 7) is 6.56. The van der Waals surface area contributed by atoms with Crippen LogP contribution in [0.3, 0.4) is 0 Å². The number of hydrogen-bond acceptors (Lipinski definition) is 4. The highest BCUT2D eigenvalue weighted by molar-refractivity contribution is 7.89. The molecule has 0 atom stereocenters. The molecule has 1 saturated heterocycles. The van der Waals surface area contributed by atoms with Gasteiger partial charge in [-0.05, 0) is 34.7 Å². The van der Waals surface area contributed by atoms with Crippen LogP contribution in [0, 0.1) is 0 Å². The first-order chi connectivity index (χ1) is 16.3. The van der Waals surface area contributed by atoms with E-state index >= 15 is 0 Å². The predicted octanol–water partition coefficient (Wildman–Crippen LogP) is 3.27. The number of imidazole rings is 1. The van der Waals surface area contributed by atoms with E-state index in [0.29, 0.717) is 30.4 Å². The monoisotopic (exact) mass is 481 g/mol. The zero-order valence-electron chi connectivity index (χ0n) is 19.6. The van der Waals surface area contributed by atoms with Crippen molar-refractivity contribution in [1.29, 1.82) is 0 Å². The molecule has 0 unspecified atom stereocenters. The first kappa shape index (κ1) is 24.0.